The molecule has 0 unspecified atom stereocenters. The highest BCUT2D eigenvalue weighted by molar-refractivity contribution is 7.89. The molecule has 0 spiro atoms. The molecule has 0 atom stereocenters. The SMILES string of the molecule is COc1ccc(S(=O)(=O)N2CCN(c3cc(C)nc4ncnn34)CC2)c2ccccc12. The van der Waals surface area contributed by atoms with Gasteiger partial charge in [-0.05, 0) is 19.1 Å². The number of anilines is 1. The summed E-state index contributed by atoms with van der Waals surface area (Å²) >= 11 is 0. The van der Waals surface area contributed by atoms with Crippen LogP contribution in [0.1, 0.15) is 5.69 Å². The minimum atomic E-state index is -3.66. The number of nitrogens with zero attached hydrogens (tertiary/aromatic N) is 6. The minimum absolute atomic E-state index is 0.302. The standard InChI is InChI=1S/C21H22N6O3S/c1-15-13-20(27-21(24-15)22-14-23-27)25-9-11-26(12-10-25)31(28,29)19-8-7-18(30-2)16-5-3-4-6-17(16)19/h3-8,13-14H,9-12H2,1-2H3. The van der Waals surface area contributed by atoms with Gasteiger partial charge in [0.25, 0.3) is 5.78 Å². The molecule has 160 valence electrons. The van der Waals surface area contributed by atoms with Crippen molar-refractivity contribution < 1.29 is 13.2 Å². The third-order valence-electron chi connectivity index (χ3n) is 5.61. The molecule has 2 aromatic heterocycles. The van der Waals surface area contributed by atoms with Crippen LogP contribution in [-0.2, 0) is 10.0 Å². The molecule has 0 amide bonds. The summed E-state index contributed by atoms with van der Waals surface area (Å²) in [4.78, 5) is 11.0. The van der Waals surface area contributed by atoms with Crippen molar-refractivity contribution in [3.63, 3.8) is 0 Å². The molecule has 1 fully saturated rings. The van der Waals surface area contributed by atoms with Gasteiger partial charge in [-0.15, -0.1) is 0 Å². The van der Waals surface area contributed by atoms with E-state index in [4.69, 9.17) is 4.74 Å². The van der Waals surface area contributed by atoms with Crippen molar-refractivity contribution in [1.82, 2.24) is 23.9 Å². The molecule has 0 aliphatic carbocycles. The van der Waals surface area contributed by atoms with Gasteiger partial charge >= 0.3 is 0 Å². The average Bonchev–Trinajstić information content (AvgIpc) is 3.26. The molecule has 10 heteroatoms. The Morgan fingerprint density at radius 3 is 2.48 bits per heavy atom. The lowest BCUT2D eigenvalue weighted by atomic mass is 10.1. The Bertz CT molecular complexity index is 1380. The van der Waals surface area contributed by atoms with E-state index in [1.807, 2.05) is 37.3 Å². The molecular weight excluding hydrogens is 416 g/mol. The molecule has 4 aromatic rings. The number of sulfonamides is 1. The smallest absolute Gasteiger partial charge is 0.254 e. The second-order valence-electron chi connectivity index (χ2n) is 7.43. The van der Waals surface area contributed by atoms with Crippen LogP contribution in [0.5, 0.6) is 5.75 Å². The Hall–Kier alpha value is -3.24. The van der Waals surface area contributed by atoms with Crippen LogP contribution in [0, 0.1) is 6.92 Å². The number of methoxy groups -OCH3 is 1. The number of aromatic nitrogens is 4. The van der Waals surface area contributed by atoms with E-state index in [1.54, 1.807) is 28.1 Å². The van der Waals surface area contributed by atoms with Gasteiger partial charge in [-0.25, -0.2) is 13.4 Å². The molecule has 0 N–H and O–H groups in total. The van der Waals surface area contributed by atoms with Crippen molar-refractivity contribution in [2.24, 2.45) is 0 Å². The molecule has 0 saturated carbocycles. The number of aryl methyl sites for hydroxylation is 1. The molecule has 0 bridgehead atoms. The Balaban J connectivity index is 1.44. The summed E-state index contributed by atoms with van der Waals surface area (Å²) < 4.78 is 35.6. The monoisotopic (exact) mass is 438 g/mol. The zero-order valence-corrected chi connectivity index (χ0v) is 18.1. The first-order chi connectivity index (χ1) is 15.0. The Kier molecular flexibility index (Phi) is 4.75. The Morgan fingerprint density at radius 2 is 1.74 bits per heavy atom. The van der Waals surface area contributed by atoms with Gasteiger partial charge in [-0.1, -0.05) is 24.3 Å². The summed E-state index contributed by atoms with van der Waals surface area (Å²) in [6.45, 7) is 3.76. The maximum Gasteiger partial charge on any atom is 0.254 e. The van der Waals surface area contributed by atoms with E-state index in [1.165, 1.54) is 6.33 Å². The van der Waals surface area contributed by atoms with E-state index in [0.717, 1.165) is 16.9 Å². The number of rotatable bonds is 4. The molecule has 9 nitrogen and oxygen atoms in total. The lowest BCUT2D eigenvalue weighted by Crippen LogP contribution is -2.49. The van der Waals surface area contributed by atoms with Crippen LogP contribution in [0.3, 0.4) is 0 Å². The Morgan fingerprint density at radius 1 is 1.00 bits per heavy atom. The minimum Gasteiger partial charge on any atom is -0.496 e. The van der Waals surface area contributed by atoms with Crippen molar-refractivity contribution in [3.8, 4) is 5.75 Å². The van der Waals surface area contributed by atoms with Gasteiger partial charge in [-0.3, -0.25) is 0 Å². The lowest BCUT2D eigenvalue weighted by molar-refractivity contribution is 0.383. The summed E-state index contributed by atoms with van der Waals surface area (Å²) in [7, 11) is -2.07. The van der Waals surface area contributed by atoms with Gasteiger partial charge in [0.1, 0.15) is 17.9 Å². The number of hydrogen-bond acceptors (Lipinski definition) is 7. The van der Waals surface area contributed by atoms with Crippen LogP contribution < -0.4 is 9.64 Å². The average molecular weight is 439 g/mol. The maximum atomic E-state index is 13.5. The van der Waals surface area contributed by atoms with E-state index in [0.29, 0.717) is 48.0 Å². The van der Waals surface area contributed by atoms with Gasteiger partial charge < -0.3 is 9.64 Å². The fraction of sp³-hybridized carbons (Fsp3) is 0.286. The number of benzene rings is 2. The van der Waals surface area contributed by atoms with Crippen LogP contribution in [0.15, 0.2) is 53.7 Å². The van der Waals surface area contributed by atoms with Crippen molar-refractivity contribution in [2.45, 2.75) is 11.8 Å². The predicted octanol–water partition coefficient (Wildman–Crippen LogP) is 2.11. The van der Waals surface area contributed by atoms with Gasteiger partial charge in [0, 0.05) is 48.7 Å². The second-order valence-corrected chi connectivity index (χ2v) is 9.34. The number of hydrogen-bond donors (Lipinski definition) is 0. The van der Waals surface area contributed by atoms with E-state index in [9.17, 15) is 8.42 Å². The first-order valence-electron chi connectivity index (χ1n) is 9.97. The van der Waals surface area contributed by atoms with Crippen molar-refractivity contribution in [1.29, 1.82) is 0 Å². The fourth-order valence-corrected chi connectivity index (χ4v) is 5.70. The highest BCUT2D eigenvalue weighted by atomic mass is 32.2. The quantitative estimate of drug-likeness (QED) is 0.482. The third-order valence-corrected chi connectivity index (χ3v) is 7.56. The first kappa shape index (κ1) is 19.7. The summed E-state index contributed by atoms with van der Waals surface area (Å²) in [5.41, 5.74) is 0.843. The van der Waals surface area contributed by atoms with Crippen molar-refractivity contribution in [2.75, 3.05) is 38.2 Å². The highest BCUT2D eigenvalue weighted by Crippen LogP contribution is 2.33. The number of fused-ring (bicyclic) bond motifs is 2. The summed E-state index contributed by atoms with van der Waals surface area (Å²) in [5.74, 6) is 2.06. The van der Waals surface area contributed by atoms with E-state index in [-0.39, 0.29) is 0 Å². The molecule has 0 radical (unpaired) electrons. The molecule has 1 aliphatic heterocycles. The van der Waals surface area contributed by atoms with Crippen LogP contribution in [-0.4, -0.2) is 65.6 Å². The summed E-state index contributed by atoms with van der Waals surface area (Å²) in [6, 6.07) is 12.7. The highest BCUT2D eigenvalue weighted by Gasteiger charge is 2.31. The van der Waals surface area contributed by atoms with Crippen LogP contribution in [0.4, 0.5) is 5.82 Å². The molecule has 1 aliphatic rings. The van der Waals surface area contributed by atoms with Crippen LogP contribution >= 0.6 is 0 Å². The topological polar surface area (TPSA) is 92.9 Å². The molecule has 1 saturated heterocycles. The Labute approximate surface area is 179 Å². The van der Waals surface area contributed by atoms with Crippen LogP contribution in [0.2, 0.25) is 0 Å². The van der Waals surface area contributed by atoms with Gasteiger partial charge in [-0.2, -0.15) is 18.9 Å². The largest absolute Gasteiger partial charge is 0.496 e. The van der Waals surface area contributed by atoms with E-state index >= 15 is 0 Å². The summed E-state index contributed by atoms with van der Waals surface area (Å²) in [5, 5.41) is 5.71. The van der Waals surface area contributed by atoms with Gasteiger partial charge in [0.05, 0.1) is 12.0 Å². The van der Waals surface area contributed by atoms with Gasteiger partial charge in [0.2, 0.25) is 10.0 Å². The lowest BCUT2D eigenvalue weighted by Gasteiger charge is -2.35. The van der Waals surface area contributed by atoms with Gasteiger partial charge in [0.15, 0.2) is 0 Å². The van der Waals surface area contributed by atoms with Crippen molar-refractivity contribution >= 4 is 32.4 Å². The zero-order chi connectivity index (χ0) is 21.6. The number of piperazine rings is 1. The molecule has 5 rings (SSSR count). The van der Waals surface area contributed by atoms with E-state index < -0.39 is 10.0 Å². The molecule has 31 heavy (non-hydrogen) atoms. The molecule has 2 aromatic carbocycles. The maximum absolute atomic E-state index is 13.5. The van der Waals surface area contributed by atoms with Crippen molar-refractivity contribution in [3.05, 3.63) is 54.5 Å². The normalized spacial score (nSPS) is 15.6. The second kappa shape index (κ2) is 7.47. The number of ether oxygens (including phenoxy) is 1. The molecular formula is C21H22N6O3S. The third kappa shape index (κ3) is 3.28. The fourth-order valence-electron chi connectivity index (χ4n) is 4.08. The van der Waals surface area contributed by atoms with E-state index in [2.05, 4.69) is 20.0 Å². The first-order valence-corrected chi connectivity index (χ1v) is 11.4. The predicted molar refractivity (Wildman–Crippen MR) is 117 cm³/mol. The summed E-state index contributed by atoms with van der Waals surface area (Å²) in [6.07, 6.45) is 1.47. The molecule has 3 heterocycles. The zero-order valence-electron chi connectivity index (χ0n) is 17.3. The van der Waals surface area contributed by atoms with Crippen LogP contribution in [0.25, 0.3) is 16.6 Å².